The molecule has 7 unspecified atom stereocenters. The molecule has 9 heteroatoms. The van der Waals surface area contributed by atoms with Crippen molar-refractivity contribution >= 4 is 5.91 Å². The van der Waals surface area contributed by atoms with Crippen LogP contribution in [0.25, 0.3) is 0 Å². The van der Waals surface area contributed by atoms with E-state index in [1.54, 1.807) is 0 Å². The summed E-state index contributed by atoms with van der Waals surface area (Å²) in [6.07, 6.45) is 30.4. The van der Waals surface area contributed by atoms with E-state index < -0.39 is 49.5 Å². The van der Waals surface area contributed by atoms with Gasteiger partial charge in [-0.2, -0.15) is 0 Å². The van der Waals surface area contributed by atoms with Gasteiger partial charge >= 0.3 is 0 Å². The number of nitrogens with one attached hydrogen (secondary N) is 1. The zero-order valence-corrected chi connectivity index (χ0v) is 31.6. The number of carbonyl (C=O) groups is 1. The van der Waals surface area contributed by atoms with Crippen LogP contribution >= 0.6 is 0 Å². The van der Waals surface area contributed by atoms with Gasteiger partial charge in [0.2, 0.25) is 5.91 Å². The van der Waals surface area contributed by atoms with E-state index in [-0.39, 0.29) is 12.5 Å². The number of carbonyl (C=O) groups excluding carboxylic acids is 1. The van der Waals surface area contributed by atoms with E-state index in [0.29, 0.717) is 12.8 Å². The Morgan fingerprint density at radius 2 is 1.18 bits per heavy atom. The van der Waals surface area contributed by atoms with Crippen molar-refractivity contribution in [3.8, 4) is 0 Å². The van der Waals surface area contributed by atoms with Crippen molar-refractivity contribution in [1.29, 1.82) is 0 Å². The minimum atomic E-state index is -1.55. The number of rotatable bonds is 32. The average molecular weight is 710 g/mol. The molecule has 1 aliphatic heterocycles. The Bertz CT molecular complexity index is 879. The van der Waals surface area contributed by atoms with Gasteiger partial charge in [0, 0.05) is 6.42 Å². The zero-order chi connectivity index (χ0) is 36.7. The molecule has 1 rings (SSSR count). The summed E-state index contributed by atoms with van der Waals surface area (Å²) < 4.78 is 11.1. The molecular weight excluding hydrogens is 634 g/mol. The monoisotopic (exact) mass is 710 g/mol. The van der Waals surface area contributed by atoms with E-state index in [1.807, 2.05) is 0 Å². The fraction of sp³-hybridized carbons (Fsp3) is 0.829. The van der Waals surface area contributed by atoms with E-state index in [1.165, 1.54) is 70.6 Å². The van der Waals surface area contributed by atoms with E-state index >= 15 is 0 Å². The van der Waals surface area contributed by atoms with Crippen LogP contribution in [0.4, 0.5) is 0 Å². The van der Waals surface area contributed by atoms with E-state index in [4.69, 9.17) is 9.47 Å². The lowest BCUT2D eigenvalue weighted by molar-refractivity contribution is -0.302. The van der Waals surface area contributed by atoms with Crippen molar-refractivity contribution < 1.29 is 39.8 Å². The molecule has 0 aromatic heterocycles. The molecule has 1 heterocycles. The molecule has 0 radical (unpaired) electrons. The van der Waals surface area contributed by atoms with Crippen LogP contribution in [0.15, 0.2) is 36.5 Å². The first-order valence-corrected chi connectivity index (χ1v) is 20.2. The van der Waals surface area contributed by atoms with Gasteiger partial charge in [0.25, 0.3) is 0 Å². The molecule has 0 bridgehead atoms. The summed E-state index contributed by atoms with van der Waals surface area (Å²) in [5.41, 5.74) is 0. The first-order valence-electron chi connectivity index (χ1n) is 20.2. The van der Waals surface area contributed by atoms with Gasteiger partial charge in [-0.25, -0.2) is 0 Å². The van der Waals surface area contributed by atoms with Gasteiger partial charge in [-0.05, 0) is 51.4 Å². The topological polar surface area (TPSA) is 149 Å². The highest BCUT2D eigenvalue weighted by molar-refractivity contribution is 5.76. The molecule has 6 N–H and O–H groups in total. The highest BCUT2D eigenvalue weighted by Gasteiger charge is 2.44. The Hall–Kier alpha value is -1.59. The summed E-state index contributed by atoms with van der Waals surface area (Å²) in [4.78, 5) is 12.8. The number of hydrogen-bond acceptors (Lipinski definition) is 8. The fourth-order valence-corrected chi connectivity index (χ4v) is 6.16. The summed E-state index contributed by atoms with van der Waals surface area (Å²) in [5, 5.41) is 53.8. The Morgan fingerprint density at radius 3 is 1.74 bits per heavy atom. The van der Waals surface area contributed by atoms with Gasteiger partial charge in [-0.15, -0.1) is 0 Å². The minimum Gasteiger partial charge on any atom is -0.394 e. The Kier molecular flexibility index (Phi) is 29.8. The van der Waals surface area contributed by atoms with Gasteiger partial charge in [0.1, 0.15) is 24.4 Å². The normalized spacial score (nSPS) is 22.6. The minimum absolute atomic E-state index is 0.146. The van der Waals surface area contributed by atoms with Gasteiger partial charge in [-0.1, -0.05) is 140 Å². The third-order valence-corrected chi connectivity index (χ3v) is 9.50. The Labute approximate surface area is 304 Å². The van der Waals surface area contributed by atoms with Crippen LogP contribution in [0.1, 0.15) is 162 Å². The standard InChI is InChI=1S/C41H75NO8/c1-3-5-7-9-11-12-13-14-15-16-17-18-19-20-21-22-23-24-25-27-29-31-37(45)42-34(35(44)30-28-26-10-8-6-4-2)33-49-41-40(48)39(47)38(46)36(32-43)50-41/h13-14,16-17,19-20,34-36,38-41,43-44,46-48H,3-12,15,18,21-33H2,1-2H3,(H,42,45)/b14-13-,17-16-,20-19-. The lowest BCUT2D eigenvalue weighted by Gasteiger charge is -2.40. The lowest BCUT2D eigenvalue weighted by Crippen LogP contribution is -2.60. The number of ether oxygens (including phenoxy) is 2. The second kappa shape index (κ2) is 32.1. The van der Waals surface area contributed by atoms with Gasteiger partial charge in [0.15, 0.2) is 6.29 Å². The van der Waals surface area contributed by atoms with Crippen molar-refractivity contribution in [2.24, 2.45) is 0 Å². The largest absolute Gasteiger partial charge is 0.394 e. The second-order valence-electron chi connectivity index (χ2n) is 14.1. The Morgan fingerprint density at radius 1 is 0.680 bits per heavy atom. The lowest BCUT2D eigenvalue weighted by atomic mass is 9.99. The smallest absolute Gasteiger partial charge is 0.220 e. The first kappa shape index (κ1) is 46.4. The van der Waals surface area contributed by atoms with Gasteiger partial charge in [-0.3, -0.25) is 4.79 Å². The molecule has 1 amide bonds. The molecule has 7 atom stereocenters. The zero-order valence-electron chi connectivity index (χ0n) is 31.6. The molecule has 9 nitrogen and oxygen atoms in total. The quantitative estimate of drug-likeness (QED) is 0.0314. The molecule has 0 aliphatic carbocycles. The van der Waals surface area contributed by atoms with Crippen molar-refractivity contribution in [1.82, 2.24) is 5.32 Å². The molecule has 1 fully saturated rings. The summed E-state index contributed by atoms with van der Waals surface area (Å²) in [6.45, 7) is 3.72. The number of unbranched alkanes of at least 4 members (excludes halogenated alkanes) is 16. The number of hydrogen-bond donors (Lipinski definition) is 6. The highest BCUT2D eigenvalue weighted by atomic mass is 16.7. The van der Waals surface area contributed by atoms with Crippen molar-refractivity contribution in [2.45, 2.75) is 204 Å². The molecule has 1 saturated heterocycles. The van der Waals surface area contributed by atoms with Crippen LogP contribution in [-0.2, 0) is 14.3 Å². The Balaban J connectivity index is 2.28. The first-order chi connectivity index (χ1) is 24.3. The van der Waals surface area contributed by atoms with Crippen molar-refractivity contribution in [3.63, 3.8) is 0 Å². The van der Waals surface area contributed by atoms with Crippen molar-refractivity contribution in [2.75, 3.05) is 13.2 Å². The van der Waals surface area contributed by atoms with Crippen molar-refractivity contribution in [3.05, 3.63) is 36.5 Å². The van der Waals surface area contributed by atoms with Crippen LogP contribution in [0, 0.1) is 0 Å². The fourth-order valence-electron chi connectivity index (χ4n) is 6.16. The molecule has 0 saturated carbocycles. The number of aliphatic hydroxyl groups excluding tert-OH is 5. The molecule has 0 spiro atoms. The third kappa shape index (κ3) is 23.1. The molecule has 0 aromatic rings. The van der Waals surface area contributed by atoms with E-state index in [2.05, 4.69) is 55.6 Å². The van der Waals surface area contributed by atoms with Gasteiger partial charge in [0.05, 0.1) is 25.4 Å². The maximum atomic E-state index is 12.8. The van der Waals surface area contributed by atoms with Crippen LogP contribution in [0.2, 0.25) is 0 Å². The van der Waals surface area contributed by atoms with Crippen LogP contribution in [-0.4, -0.2) is 87.5 Å². The SMILES string of the molecule is CCCCCCC/C=C\C/C=C\C/C=C\CCCCCCCCC(=O)NC(COC1OC(CO)C(O)C(O)C1O)C(O)CCCCCCCC. The van der Waals surface area contributed by atoms with E-state index in [9.17, 15) is 30.3 Å². The van der Waals surface area contributed by atoms with Crippen LogP contribution in [0.3, 0.4) is 0 Å². The van der Waals surface area contributed by atoms with Crippen LogP contribution in [0.5, 0.6) is 0 Å². The summed E-state index contributed by atoms with van der Waals surface area (Å²) in [6, 6.07) is -0.721. The maximum Gasteiger partial charge on any atom is 0.220 e. The molecule has 0 aromatic carbocycles. The molecule has 292 valence electrons. The van der Waals surface area contributed by atoms with Crippen LogP contribution < -0.4 is 5.32 Å². The second-order valence-corrected chi connectivity index (χ2v) is 14.1. The predicted octanol–water partition coefficient (Wildman–Crippen LogP) is 7.33. The summed E-state index contributed by atoms with van der Waals surface area (Å²) in [5.74, 6) is -0.164. The number of aliphatic hydroxyl groups is 5. The molecule has 50 heavy (non-hydrogen) atoms. The summed E-state index contributed by atoms with van der Waals surface area (Å²) in [7, 11) is 0. The van der Waals surface area contributed by atoms with Gasteiger partial charge < -0.3 is 40.3 Å². The molecular formula is C41H75NO8. The summed E-state index contributed by atoms with van der Waals surface area (Å²) >= 11 is 0. The number of amides is 1. The third-order valence-electron chi connectivity index (χ3n) is 9.50. The number of allylic oxidation sites excluding steroid dienone is 6. The predicted molar refractivity (Wildman–Crippen MR) is 203 cm³/mol. The highest BCUT2D eigenvalue weighted by Crippen LogP contribution is 2.23. The average Bonchev–Trinajstić information content (AvgIpc) is 3.11. The van der Waals surface area contributed by atoms with E-state index in [0.717, 1.165) is 64.2 Å². The molecule has 1 aliphatic rings. The maximum absolute atomic E-state index is 12.8.